The fraction of sp³-hybridized carbons (Fsp3) is 0.824. The number of Topliss-reactive ketones (excluding diaryl/α,β-unsaturated/α-hetero) is 1. The van der Waals surface area contributed by atoms with Crippen molar-refractivity contribution < 1.29 is 4.79 Å². The highest BCUT2D eigenvalue weighted by atomic mass is 16.1. The molecular formula is C17H29NO. The molecule has 0 atom stereocenters. The van der Waals surface area contributed by atoms with Crippen LogP contribution in [0.4, 0.5) is 0 Å². The minimum Gasteiger partial charge on any atom is -0.329 e. The molecule has 1 saturated carbocycles. The van der Waals surface area contributed by atoms with E-state index in [2.05, 4.69) is 6.08 Å². The number of carbonyl (C=O) groups is 1. The van der Waals surface area contributed by atoms with Crippen LogP contribution in [0.2, 0.25) is 0 Å². The number of rotatable bonds is 3. The first-order chi connectivity index (χ1) is 9.28. The first-order valence-electron chi connectivity index (χ1n) is 8.22. The molecule has 0 bridgehead atoms. The van der Waals surface area contributed by atoms with Crippen LogP contribution in [-0.2, 0) is 4.79 Å². The molecule has 108 valence electrons. The summed E-state index contributed by atoms with van der Waals surface area (Å²) in [6, 6.07) is 0. The zero-order chi connectivity index (χ0) is 13.6. The normalized spacial score (nSPS) is 24.8. The fourth-order valence-corrected chi connectivity index (χ4v) is 3.67. The van der Waals surface area contributed by atoms with E-state index in [1.807, 2.05) is 0 Å². The second kappa shape index (κ2) is 7.23. The number of nitrogens with two attached hydrogens (primary N) is 1. The average molecular weight is 263 g/mol. The van der Waals surface area contributed by atoms with Gasteiger partial charge < -0.3 is 5.73 Å². The molecule has 0 aromatic heterocycles. The minimum atomic E-state index is -0.221. The van der Waals surface area contributed by atoms with Gasteiger partial charge in [-0.2, -0.15) is 0 Å². The van der Waals surface area contributed by atoms with Gasteiger partial charge in [0.2, 0.25) is 0 Å². The molecule has 0 amide bonds. The van der Waals surface area contributed by atoms with Gasteiger partial charge in [0.15, 0.2) is 5.78 Å². The highest BCUT2D eigenvalue weighted by Crippen LogP contribution is 2.38. The highest BCUT2D eigenvalue weighted by molar-refractivity contribution is 6.00. The van der Waals surface area contributed by atoms with Crippen molar-refractivity contribution in [2.24, 2.45) is 11.1 Å². The second-order valence-corrected chi connectivity index (χ2v) is 6.41. The van der Waals surface area contributed by atoms with Gasteiger partial charge in [-0.25, -0.2) is 0 Å². The maximum absolute atomic E-state index is 13.0. The van der Waals surface area contributed by atoms with Crippen molar-refractivity contribution in [2.75, 3.05) is 6.54 Å². The van der Waals surface area contributed by atoms with Crippen molar-refractivity contribution >= 4 is 5.78 Å². The zero-order valence-electron chi connectivity index (χ0n) is 12.3. The van der Waals surface area contributed by atoms with Gasteiger partial charge in [-0.05, 0) is 44.1 Å². The molecular weight excluding hydrogens is 234 g/mol. The molecule has 2 aliphatic rings. The van der Waals surface area contributed by atoms with Crippen molar-refractivity contribution in [3.63, 3.8) is 0 Å². The van der Waals surface area contributed by atoms with Crippen LogP contribution in [0.25, 0.3) is 0 Å². The van der Waals surface area contributed by atoms with Crippen LogP contribution >= 0.6 is 0 Å². The lowest BCUT2D eigenvalue weighted by Gasteiger charge is -2.31. The first-order valence-corrected chi connectivity index (χ1v) is 8.22. The van der Waals surface area contributed by atoms with Gasteiger partial charge in [0, 0.05) is 12.0 Å². The van der Waals surface area contributed by atoms with E-state index >= 15 is 0 Å². The quantitative estimate of drug-likeness (QED) is 0.778. The number of carbonyl (C=O) groups excluding carboxylic acids is 1. The molecule has 2 nitrogen and oxygen atoms in total. The number of allylic oxidation sites excluding steroid dienone is 2. The summed E-state index contributed by atoms with van der Waals surface area (Å²) in [5.74, 6) is 0.402. The van der Waals surface area contributed by atoms with E-state index in [0.29, 0.717) is 12.3 Å². The van der Waals surface area contributed by atoms with Gasteiger partial charge in [-0.15, -0.1) is 0 Å². The average Bonchev–Trinajstić information content (AvgIpc) is 2.64. The van der Waals surface area contributed by atoms with E-state index in [0.717, 1.165) is 31.3 Å². The summed E-state index contributed by atoms with van der Waals surface area (Å²) < 4.78 is 0. The van der Waals surface area contributed by atoms with Crippen molar-refractivity contribution in [3.05, 3.63) is 11.6 Å². The molecule has 0 aromatic rings. The van der Waals surface area contributed by atoms with E-state index < -0.39 is 0 Å². The van der Waals surface area contributed by atoms with Crippen molar-refractivity contribution in [3.8, 4) is 0 Å². The third-order valence-electron chi connectivity index (χ3n) is 5.02. The Morgan fingerprint density at radius 2 is 1.63 bits per heavy atom. The Kier molecular flexibility index (Phi) is 5.62. The summed E-state index contributed by atoms with van der Waals surface area (Å²) >= 11 is 0. The largest absolute Gasteiger partial charge is 0.329 e. The van der Waals surface area contributed by atoms with Crippen LogP contribution in [0.5, 0.6) is 0 Å². The molecule has 0 unspecified atom stereocenters. The second-order valence-electron chi connectivity index (χ2n) is 6.41. The number of hydrogen-bond donors (Lipinski definition) is 1. The van der Waals surface area contributed by atoms with Crippen molar-refractivity contribution in [2.45, 2.75) is 77.0 Å². The summed E-state index contributed by atoms with van der Waals surface area (Å²) in [6.45, 7) is 0.545. The van der Waals surface area contributed by atoms with Gasteiger partial charge >= 0.3 is 0 Å². The predicted octanol–water partition coefficient (Wildman–Crippen LogP) is 4.14. The van der Waals surface area contributed by atoms with Crippen molar-refractivity contribution in [1.82, 2.24) is 0 Å². The third-order valence-corrected chi connectivity index (χ3v) is 5.02. The molecule has 2 rings (SSSR count). The molecule has 1 fully saturated rings. The molecule has 19 heavy (non-hydrogen) atoms. The van der Waals surface area contributed by atoms with E-state index in [9.17, 15) is 4.79 Å². The first kappa shape index (κ1) is 14.8. The van der Waals surface area contributed by atoms with E-state index in [1.54, 1.807) is 0 Å². The molecule has 0 aliphatic heterocycles. The van der Waals surface area contributed by atoms with Gasteiger partial charge in [0.25, 0.3) is 0 Å². The van der Waals surface area contributed by atoms with Gasteiger partial charge in [0.1, 0.15) is 0 Å². The Balaban J connectivity index is 2.13. The molecule has 0 radical (unpaired) electrons. The lowest BCUT2D eigenvalue weighted by Crippen LogP contribution is -2.39. The SMILES string of the molecule is NCC1(C(=O)C2=CCCCCCC2)CCCCCC1. The summed E-state index contributed by atoms with van der Waals surface area (Å²) in [5, 5.41) is 0. The van der Waals surface area contributed by atoms with Crippen molar-refractivity contribution in [1.29, 1.82) is 0 Å². The third kappa shape index (κ3) is 3.68. The fourth-order valence-electron chi connectivity index (χ4n) is 3.67. The minimum absolute atomic E-state index is 0.221. The van der Waals surface area contributed by atoms with Gasteiger partial charge in [-0.1, -0.05) is 44.6 Å². The standard InChI is InChI=1S/C17H29NO/c18-14-17(12-8-4-5-9-13-17)16(19)15-10-6-2-1-3-7-11-15/h10H,1-9,11-14,18H2. The van der Waals surface area contributed by atoms with E-state index in [1.165, 1.54) is 51.4 Å². The van der Waals surface area contributed by atoms with Crippen LogP contribution in [0.15, 0.2) is 11.6 Å². The Labute approximate surface area is 117 Å². The lowest BCUT2D eigenvalue weighted by atomic mass is 9.73. The Morgan fingerprint density at radius 3 is 2.32 bits per heavy atom. The van der Waals surface area contributed by atoms with Gasteiger partial charge in [0.05, 0.1) is 0 Å². The Bertz CT molecular complexity index is 324. The highest BCUT2D eigenvalue weighted by Gasteiger charge is 2.38. The molecule has 0 heterocycles. The van der Waals surface area contributed by atoms with Crippen LogP contribution in [0.3, 0.4) is 0 Å². The summed E-state index contributed by atoms with van der Waals surface area (Å²) in [7, 11) is 0. The lowest BCUT2D eigenvalue weighted by molar-refractivity contribution is -0.125. The van der Waals surface area contributed by atoms with Gasteiger partial charge in [-0.3, -0.25) is 4.79 Å². The number of ketones is 1. The molecule has 0 aromatic carbocycles. The predicted molar refractivity (Wildman–Crippen MR) is 80.0 cm³/mol. The van der Waals surface area contributed by atoms with Crippen LogP contribution < -0.4 is 5.73 Å². The Morgan fingerprint density at radius 1 is 1.00 bits per heavy atom. The molecule has 2 heteroatoms. The summed E-state index contributed by atoms with van der Waals surface area (Å²) in [6.07, 6.45) is 16.2. The topological polar surface area (TPSA) is 43.1 Å². The monoisotopic (exact) mass is 263 g/mol. The molecule has 0 spiro atoms. The summed E-state index contributed by atoms with van der Waals surface area (Å²) in [4.78, 5) is 13.0. The maximum atomic E-state index is 13.0. The summed E-state index contributed by atoms with van der Waals surface area (Å²) in [5.41, 5.74) is 6.92. The van der Waals surface area contributed by atoms with Crippen LogP contribution in [0, 0.1) is 5.41 Å². The van der Waals surface area contributed by atoms with E-state index in [4.69, 9.17) is 5.73 Å². The molecule has 0 saturated heterocycles. The molecule has 2 aliphatic carbocycles. The Hall–Kier alpha value is -0.630. The maximum Gasteiger partial charge on any atom is 0.165 e. The van der Waals surface area contributed by atoms with E-state index in [-0.39, 0.29) is 5.41 Å². The van der Waals surface area contributed by atoms with Crippen LogP contribution in [0.1, 0.15) is 77.0 Å². The molecule has 2 N–H and O–H groups in total. The van der Waals surface area contributed by atoms with Crippen LogP contribution in [-0.4, -0.2) is 12.3 Å². The smallest absolute Gasteiger partial charge is 0.165 e. The number of hydrogen-bond acceptors (Lipinski definition) is 2. The zero-order valence-corrected chi connectivity index (χ0v) is 12.3.